The fraction of sp³-hybridized carbons (Fsp3) is 0.778. The van der Waals surface area contributed by atoms with Crippen molar-refractivity contribution < 1.29 is 5.11 Å². The Bertz CT molecular complexity index is 247. The first-order chi connectivity index (χ1) is 6.65. The Labute approximate surface area is 83.9 Å². The first-order valence-corrected chi connectivity index (χ1v) is 4.85. The van der Waals surface area contributed by atoms with Crippen molar-refractivity contribution in [3.05, 3.63) is 12.7 Å². The van der Waals surface area contributed by atoms with Crippen molar-refractivity contribution in [1.29, 1.82) is 0 Å². The molecule has 1 heterocycles. The van der Waals surface area contributed by atoms with Gasteiger partial charge < -0.3 is 10.8 Å². The number of aromatic nitrogens is 3. The van der Waals surface area contributed by atoms with Crippen LogP contribution in [0.3, 0.4) is 0 Å². The van der Waals surface area contributed by atoms with Crippen molar-refractivity contribution in [3.8, 4) is 0 Å². The van der Waals surface area contributed by atoms with Gasteiger partial charge in [0.2, 0.25) is 0 Å². The van der Waals surface area contributed by atoms with Crippen LogP contribution in [0.2, 0.25) is 0 Å². The van der Waals surface area contributed by atoms with Crippen LogP contribution in [0.1, 0.15) is 26.3 Å². The van der Waals surface area contributed by atoms with Crippen LogP contribution < -0.4 is 5.73 Å². The van der Waals surface area contributed by atoms with E-state index < -0.39 is 0 Å². The summed E-state index contributed by atoms with van der Waals surface area (Å²) >= 11 is 0. The van der Waals surface area contributed by atoms with Gasteiger partial charge in [-0.2, -0.15) is 5.10 Å². The smallest absolute Gasteiger partial charge is 0.137 e. The minimum absolute atomic E-state index is 0.00273. The van der Waals surface area contributed by atoms with Gasteiger partial charge in [-0.3, -0.25) is 0 Å². The van der Waals surface area contributed by atoms with Gasteiger partial charge in [0.15, 0.2) is 0 Å². The molecule has 2 atom stereocenters. The second-order valence-electron chi connectivity index (χ2n) is 3.92. The molecule has 0 aliphatic rings. The van der Waals surface area contributed by atoms with Crippen LogP contribution in [-0.4, -0.2) is 32.5 Å². The standard InChI is InChI=1S/C9H18N4O/c1-7(2)3-8(10)9(4-14)13-6-11-5-12-13/h5-9,14H,3-4,10H2,1-2H3. The van der Waals surface area contributed by atoms with Gasteiger partial charge in [-0.1, -0.05) is 13.8 Å². The van der Waals surface area contributed by atoms with Crippen LogP contribution in [0, 0.1) is 5.92 Å². The van der Waals surface area contributed by atoms with Gasteiger partial charge in [-0.15, -0.1) is 0 Å². The van der Waals surface area contributed by atoms with Crippen LogP contribution in [0.15, 0.2) is 12.7 Å². The molecule has 1 aromatic rings. The first kappa shape index (κ1) is 11.1. The topological polar surface area (TPSA) is 77.0 Å². The van der Waals surface area contributed by atoms with E-state index >= 15 is 0 Å². The van der Waals surface area contributed by atoms with E-state index in [1.165, 1.54) is 6.33 Å². The summed E-state index contributed by atoms with van der Waals surface area (Å²) in [4.78, 5) is 3.84. The lowest BCUT2D eigenvalue weighted by atomic mass is 9.99. The number of nitrogens with zero attached hydrogens (tertiary/aromatic N) is 3. The number of aliphatic hydroxyl groups is 1. The van der Waals surface area contributed by atoms with E-state index in [9.17, 15) is 5.11 Å². The zero-order chi connectivity index (χ0) is 10.6. The SMILES string of the molecule is CC(C)CC(N)C(CO)n1cncn1. The monoisotopic (exact) mass is 198 g/mol. The van der Waals surface area contributed by atoms with E-state index in [1.807, 2.05) is 0 Å². The van der Waals surface area contributed by atoms with Gasteiger partial charge in [-0.25, -0.2) is 9.67 Å². The molecule has 0 saturated carbocycles. The number of hydrogen-bond acceptors (Lipinski definition) is 4. The normalized spacial score (nSPS) is 15.8. The molecule has 80 valence electrons. The zero-order valence-corrected chi connectivity index (χ0v) is 8.67. The summed E-state index contributed by atoms with van der Waals surface area (Å²) in [6, 6.07) is -0.249. The Morgan fingerprint density at radius 2 is 2.21 bits per heavy atom. The highest BCUT2D eigenvalue weighted by molar-refractivity contribution is 4.79. The van der Waals surface area contributed by atoms with Crippen molar-refractivity contribution in [3.63, 3.8) is 0 Å². The van der Waals surface area contributed by atoms with Gasteiger partial charge in [-0.05, 0) is 12.3 Å². The fourth-order valence-corrected chi connectivity index (χ4v) is 1.51. The quantitative estimate of drug-likeness (QED) is 0.707. The molecule has 1 aromatic heterocycles. The third kappa shape index (κ3) is 2.78. The summed E-state index contributed by atoms with van der Waals surface area (Å²) in [5, 5.41) is 13.2. The van der Waals surface area contributed by atoms with Gasteiger partial charge in [0, 0.05) is 6.04 Å². The van der Waals surface area contributed by atoms with Crippen LogP contribution in [0.4, 0.5) is 0 Å². The van der Waals surface area contributed by atoms with Gasteiger partial charge in [0.1, 0.15) is 12.7 Å². The van der Waals surface area contributed by atoms with Crippen molar-refractivity contribution in [2.75, 3.05) is 6.61 Å². The van der Waals surface area contributed by atoms with Gasteiger partial charge in [0.25, 0.3) is 0 Å². The predicted octanol–water partition coefficient (Wildman–Crippen LogP) is 0.185. The summed E-state index contributed by atoms with van der Waals surface area (Å²) < 4.78 is 1.62. The average molecular weight is 198 g/mol. The Kier molecular flexibility index (Phi) is 4.03. The Hall–Kier alpha value is -0.940. The summed E-state index contributed by atoms with van der Waals surface area (Å²) in [7, 11) is 0. The second kappa shape index (κ2) is 5.07. The summed E-state index contributed by atoms with van der Waals surface area (Å²) in [5.74, 6) is 0.516. The maximum atomic E-state index is 9.21. The molecular formula is C9H18N4O. The molecule has 5 nitrogen and oxygen atoms in total. The van der Waals surface area contributed by atoms with E-state index in [0.717, 1.165) is 6.42 Å². The lowest BCUT2D eigenvalue weighted by Crippen LogP contribution is -2.36. The third-order valence-electron chi connectivity index (χ3n) is 2.20. The lowest BCUT2D eigenvalue weighted by Gasteiger charge is -2.23. The third-order valence-corrected chi connectivity index (χ3v) is 2.20. The minimum Gasteiger partial charge on any atom is -0.394 e. The van der Waals surface area contributed by atoms with Crippen LogP contribution in [0.5, 0.6) is 0 Å². The van der Waals surface area contributed by atoms with Crippen LogP contribution >= 0.6 is 0 Å². The van der Waals surface area contributed by atoms with E-state index in [2.05, 4.69) is 23.9 Å². The molecule has 5 heteroatoms. The highest BCUT2D eigenvalue weighted by Crippen LogP contribution is 2.14. The number of nitrogens with two attached hydrogens (primary N) is 1. The molecule has 0 spiro atoms. The summed E-state index contributed by atoms with van der Waals surface area (Å²) in [6.45, 7) is 4.21. The van der Waals surface area contributed by atoms with E-state index in [1.54, 1.807) is 11.0 Å². The number of rotatable bonds is 5. The molecule has 2 unspecified atom stereocenters. The van der Waals surface area contributed by atoms with Gasteiger partial charge >= 0.3 is 0 Å². The summed E-state index contributed by atoms with van der Waals surface area (Å²) in [5.41, 5.74) is 5.97. The predicted molar refractivity (Wildman–Crippen MR) is 53.6 cm³/mol. The molecular weight excluding hydrogens is 180 g/mol. The van der Waals surface area contributed by atoms with Crippen molar-refractivity contribution in [2.24, 2.45) is 11.7 Å². The summed E-state index contributed by atoms with van der Waals surface area (Å²) in [6.07, 6.45) is 3.90. The maximum Gasteiger partial charge on any atom is 0.137 e. The largest absolute Gasteiger partial charge is 0.394 e. The number of hydrogen-bond donors (Lipinski definition) is 2. The van der Waals surface area contributed by atoms with E-state index in [4.69, 9.17) is 5.73 Å². The molecule has 0 amide bonds. The van der Waals surface area contributed by atoms with Crippen LogP contribution in [-0.2, 0) is 0 Å². The van der Waals surface area contributed by atoms with Crippen LogP contribution in [0.25, 0.3) is 0 Å². The van der Waals surface area contributed by atoms with E-state index in [0.29, 0.717) is 5.92 Å². The van der Waals surface area contributed by atoms with Gasteiger partial charge in [0.05, 0.1) is 12.6 Å². The minimum atomic E-state index is -0.167. The second-order valence-corrected chi connectivity index (χ2v) is 3.92. The first-order valence-electron chi connectivity index (χ1n) is 4.85. The molecule has 0 bridgehead atoms. The molecule has 0 aliphatic carbocycles. The molecule has 1 rings (SSSR count). The molecule has 0 aromatic carbocycles. The fourth-order valence-electron chi connectivity index (χ4n) is 1.51. The number of aliphatic hydroxyl groups excluding tert-OH is 1. The zero-order valence-electron chi connectivity index (χ0n) is 8.67. The van der Waals surface area contributed by atoms with E-state index in [-0.39, 0.29) is 18.7 Å². The highest BCUT2D eigenvalue weighted by atomic mass is 16.3. The van der Waals surface area contributed by atoms with Crippen molar-refractivity contribution in [2.45, 2.75) is 32.4 Å². The Balaban J connectivity index is 2.62. The molecule has 3 N–H and O–H groups in total. The average Bonchev–Trinajstić information content (AvgIpc) is 2.57. The molecule has 0 saturated heterocycles. The maximum absolute atomic E-state index is 9.21. The van der Waals surface area contributed by atoms with Crippen molar-refractivity contribution >= 4 is 0 Å². The van der Waals surface area contributed by atoms with Crippen molar-refractivity contribution in [1.82, 2.24) is 14.8 Å². The molecule has 0 fully saturated rings. The molecule has 0 aliphatic heterocycles. The molecule has 14 heavy (non-hydrogen) atoms. The Morgan fingerprint density at radius 1 is 1.50 bits per heavy atom. The highest BCUT2D eigenvalue weighted by Gasteiger charge is 2.20. The molecule has 0 radical (unpaired) electrons. The lowest BCUT2D eigenvalue weighted by molar-refractivity contribution is 0.187. The Morgan fingerprint density at radius 3 is 2.64 bits per heavy atom.